The lowest BCUT2D eigenvalue weighted by Crippen LogP contribution is -2.45. The van der Waals surface area contributed by atoms with E-state index in [-0.39, 0.29) is 0 Å². The Bertz CT molecular complexity index is 504. The Hall–Kier alpha value is -1.75. The van der Waals surface area contributed by atoms with Crippen LogP contribution in [0.3, 0.4) is 0 Å². The van der Waals surface area contributed by atoms with E-state index in [1.165, 1.54) is 31.4 Å². The summed E-state index contributed by atoms with van der Waals surface area (Å²) < 4.78 is 5.25. The summed E-state index contributed by atoms with van der Waals surface area (Å²) in [6.45, 7) is 6.27. The zero-order valence-corrected chi connectivity index (χ0v) is 14.6. The molecule has 0 spiro atoms. The molecule has 1 aromatic carbocycles. The predicted molar refractivity (Wildman–Crippen MR) is 96.1 cm³/mol. The molecule has 23 heavy (non-hydrogen) atoms. The minimum absolute atomic E-state index is 0.706. The summed E-state index contributed by atoms with van der Waals surface area (Å²) in [7, 11) is 3.50. The third-order valence-electron chi connectivity index (χ3n) is 4.45. The van der Waals surface area contributed by atoms with Gasteiger partial charge in [0.1, 0.15) is 5.75 Å². The fraction of sp³-hybridized carbons (Fsp3) is 0.611. The molecule has 1 fully saturated rings. The highest BCUT2D eigenvalue weighted by Gasteiger charge is 2.17. The number of likely N-dealkylation sites (tertiary alicyclic amines) is 1. The zero-order valence-electron chi connectivity index (χ0n) is 14.6. The van der Waals surface area contributed by atoms with E-state index in [1.807, 2.05) is 25.2 Å². The van der Waals surface area contributed by atoms with Gasteiger partial charge in [-0.05, 0) is 44.0 Å². The van der Waals surface area contributed by atoms with Gasteiger partial charge < -0.3 is 15.4 Å². The third kappa shape index (κ3) is 5.75. The maximum atomic E-state index is 5.25. The van der Waals surface area contributed by atoms with Crippen LogP contribution < -0.4 is 15.4 Å². The van der Waals surface area contributed by atoms with Crippen LogP contribution in [-0.2, 0) is 6.54 Å². The molecule has 0 radical (unpaired) electrons. The number of methoxy groups -OCH3 is 1. The van der Waals surface area contributed by atoms with Crippen LogP contribution in [0.1, 0.15) is 31.7 Å². The smallest absolute Gasteiger partial charge is 0.191 e. The van der Waals surface area contributed by atoms with Crippen LogP contribution >= 0.6 is 0 Å². The molecule has 0 amide bonds. The van der Waals surface area contributed by atoms with Crippen LogP contribution in [-0.4, -0.2) is 50.7 Å². The second-order valence-corrected chi connectivity index (χ2v) is 6.08. The lowest BCUT2D eigenvalue weighted by molar-refractivity contribution is 0.163. The maximum absolute atomic E-state index is 5.25. The van der Waals surface area contributed by atoms with Crippen molar-refractivity contribution >= 4 is 5.96 Å². The van der Waals surface area contributed by atoms with Gasteiger partial charge in [-0.2, -0.15) is 0 Å². The van der Waals surface area contributed by atoms with Gasteiger partial charge in [0, 0.05) is 32.7 Å². The molecule has 0 saturated carbocycles. The van der Waals surface area contributed by atoms with Gasteiger partial charge in [0.15, 0.2) is 5.96 Å². The fourth-order valence-electron chi connectivity index (χ4n) is 3.00. The van der Waals surface area contributed by atoms with Crippen LogP contribution in [0.25, 0.3) is 0 Å². The molecular weight excluding hydrogens is 288 g/mol. The van der Waals surface area contributed by atoms with E-state index in [0.717, 1.165) is 31.3 Å². The largest absolute Gasteiger partial charge is 0.497 e. The van der Waals surface area contributed by atoms with Gasteiger partial charge in [-0.15, -0.1) is 0 Å². The van der Waals surface area contributed by atoms with E-state index in [9.17, 15) is 0 Å². The highest BCUT2D eigenvalue weighted by Crippen LogP contribution is 2.15. The van der Waals surface area contributed by atoms with Crippen molar-refractivity contribution in [3.05, 3.63) is 29.8 Å². The molecule has 1 aliphatic rings. The molecule has 2 N–H and O–H groups in total. The van der Waals surface area contributed by atoms with Gasteiger partial charge in [0.05, 0.1) is 7.11 Å². The Labute approximate surface area is 140 Å². The molecule has 0 aliphatic carbocycles. The Kier molecular flexibility index (Phi) is 7.20. The second kappa shape index (κ2) is 9.40. The first kappa shape index (κ1) is 17.6. The summed E-state index contributed by atoms with van der Waals surface area (Å²) in [4.78, 5) is 6.85. The molecular formula is C18H30N4O. The van der Waals surface area contributed by atoms with Gasteiger partial charge in [0.2, 0.25) is 0 Å². The van der Waals surface area contributed by atoms with Crippen molar-refractivity contribution in [1.82, 2.24) is 15.5 Å². The number of ether oxygens (including phenoxy) is 1. The van der Waals surface area contributed by atoms with Crippen LogP contribution in [0.5, 0.6) is 5.75 Å². The Morgan fingerprint density at radius 2 is 2.22 bits per heavy atom. The molecule has 5 nitrogen and oxygen atoms in total. The molecule has 128 valence electrons. The number of nitrogens with one attached hydrogen (secondary N) is 2. The molecule has 1 atom stereocenters. The van der Waals surface area contributed by atoms with Crippen LogP contribution in [0.4, 0.5) is 0 Å². The molecule has 1 saturated heterocycles. The number of rotatable bonds is 6. The minimum atomic E-state index is 0.706. The predicted octanol–water partition coefficient (Wildman–Crippen LogP) is 2.23. The van der Waals surface area contributed by atoms with E-state index >= 15 is 0 Å². The van der Waals surface area contributed by atoms with Crippen molar-refractivity contribution in [3.8, 4) is 5.75 Å². The van der Waals surface area contributed by atoms with E-state index < -0.39 is 0 Å². The first-order chi connectivity index (χ1) is 11.2. The minimum Gasteiger partial charge on any atom is -0.497 e. The van der Waals surface area contributed by atoms with E-state index in [1.54, 1.807) is 7.11 Å². The molecule has 1 unspecified atom stereocenters. The normalized spacial score (nSPS) is 19.4. The second-order valence-electron chi connectivity index (χ2n) is 6.08. The number of hydrogen-bond acceptors (Lipinski definition) is 3. The number of piperidine rings is 1. The fourth-order valence-corrected chi connectivity index (χ4v) is 3.00. The topological polar surface area (TPSA) is 48.9 Å². The molecule has 2 rings (SSSR count). The lowest BCUT2D eigenvalue weighted by Gasteiger charge is -2.33. The number of aliphatic imine (C=N–C) groups is 1. The first-order valence-electron chi connectivity index (χ1n) is 8.54. The van der Waals surface area contributed by atoms with Crippen molar-refractivity contribution < 1.29 is 4.74 Å². The molecule has 1 aromatic rings. The highest BCUT2D eigenvalue weighted by molar-refractivity contribution is 5.79. The summed E-state index contributed by atoms with van der Waals surface area (Å²) in [6, 6.07) is 8.78. The number of guanidine groups is 1. The summed E-state index contributed by atoms with van der Waals surface area (Å²) in [5, 5.41) is 6.75. The van der Waals surface area contributed by atoms with Crippen molar-refractivity contribution in [3.63, 3.8) is 0 Å². The molecule has 1 heterocycles. The van der Waals surface area contributed by atoms with E-state index in [2.05, 4.69) is 33.5 Å². The SMILES string of the molecule is CN=C(NCCN1CCCCC1C)NCc1cccc(OC)c1. The summed E-state index contributed by atoms with van der Waals surface area (Å²) in [5.74, 6) is 1.73. The van der Waals surface area contributed by atoms with Crippen molar-refractivity contribution in [2.45, 2.75) is 38.8 Å². The average Bonchev–Trinajstić information content (AvgIpc) is 2.59. The summed E-state index contributed by atoms with van der Waals surface area (Å²) in [6.07, 6.45) is 4.02. The molecule has 5 heteroatoms. The van der Waals surface area contributed by atoms with Gasteiger partial charge in [-0.3, -0.25) is 9.89 Å². The first-order valence-corrected chi connectivity index (χ1v) is 8.54. The van der Waals surface area contributed by atoms with Crippen molar-refractivity contribution in [2.24, 2.45) is 4.99 Å². The summed E-state index contributed by atoms with van der Waals surface area (Å²) in [5.41, 5.74) is 1.18. The number of hydrogen-bond donors (Lipinski definition) is 2. The standard InChI is InChI=1S/C18H30N4O/c1-15-7-4-5-11-22(15)12-10-20-18(19-2)21-14-16-8-6-9-17(13-16)23-3/h6,8-9,13,15H,4-5,7,10-12,14H2,1-3H3,(H2,19,20,21). The van der Waals surface area contributed by atoms with Gasteiger partial charge in [0.25, 0.3) is 0 Å². The Balaban J connectivity index is 1.72. The van der Waals surface area contributed by atoms with Gasteiger partial charge in [-0.1, -0.05) is 18.6 Å². The Morgan fingerprint density at radius 3 is 2.96 bits per heavy atom. The van der Waals surface area contributed by atoms with Crippen LogP contribution in [0.2, 0.25) is 0 Å². The lowest BCUT2D eigenvalue weighted by atomic mass is 10.0. The third-order valence-corrected chi connectivity index (χ3v) is 4.45. The average molecular weight is 318 g/mol. The highest BCUT2D eigenvalue weighted by atomic mass is 16.5. The van der Waals surface area contributed by atoms with E-state index in [0.29, 0.717) is 6.04 Å². The molecule has 0 aromatic heterocycles. The Morgan fingerprint density at radius 1 is 1.35 bits per heavy atom. The van der Waals surface area contributed by atoms with Gasteiger partial charge >= 0.3 is 0 Å². The van der Waals surface area contributed by atoms with Crippen LogP contribution in [0.15, 0.2) is 29.3 Å². The molecule has 1 aliphatic heterocycles. The molecule has 0 bridgehead atoms. The van der Waals surface area contributed by atoms with Crippen molar-refractivity contribution in [2.75, 3.05) is 33.8 Å². The van der Waals surface area contributed by atoms with Crippen molar-refractivity contribution in [1.29, 1.82) is 0 Å². The summed E-state index contributed by atoms with van der Waals surface area (Å²) >= 11 is 0. The van der Waals surface area contributed by atoms with Gasteiger partial charge in [-0.25, -0.2) is 0 Å². The quantitative estimate of drug-likeness (QED) is 0.624. The monoisotopic (exact) mass is 318 g/mol. The maximum Gasteiger partial charge on any atom is 0.191 e. The van der Waals surface area contributed by atoms with Crippen LogP contribution in [0, 0.1) is 0 Å². The number of benzene rings is 1. The number of nitrogens with zero attached hydrogens (tertiary/aromatic N) is 2. The zero-order chi connectivity index (χ0) is 16.5. The van der Waals surface area contributed by atoms with E-state index in [4.69, 9.17) is 4.74 Å².